The number of thiophene rings is 1. The van der Waals surface area contributed by atoms with Gasteiger partial charge in [0.05, 0.1) is 17.3 Å². The molecule has 0 aromatic carbocycles. The summed E-state index contributed by atoms with van der Waals surface area (Å²) in [6, 6.07) is 3.64. The van der Waals surface area contributed by atoms with Crippen LogP contribution in [0, 0.1) is 5.92 Å². The van der Waals surface area contributed by atoms with Gasteiger partial charge >= 0.3 is 0 Å². The molecule has 1 aromatic heterocycles. The number of likely N-dealkylation sites (tertiary alicyclic amines) is 1. The summed E-state index contributed by atoms with van der Waals surface area (Å²) in [7, 11) is 0. The third kappa shape index (κ3) is 4.30. The number of hydrogen-bond acceptors (Lipinski definition) is 4. The molecule has 1 atom stereocenters. The van der Waals surface area contributed by atoms with Crippen LogP contribution in [-0.4, -0.2) is 48.8 Å². The highest BCUT2D eigenvalue weighted by Gasteiger charge is 2.29. The van der Waals surface area contributed by atoms with E-state index in [-0.39, 0.29) is 30.2 Å². The highest BCUT2D eigenvalue weighted by Crippen LogP contribution is 2.20. The topological polar surface area (TPSA) is 78.5 Å². The van der Waals surface area contributed by atoms with Gasteiger partial charge in [-0.2, -0.15) is 0 Å². The van der Waals surface area contributed by atoms with Crippen molar-refractivity contribution < 1.29 is 14.4 Å². The van der Waals surface area contributed by atoms with Gasteiger partial charge in [-0.1, -0.05) is 6.07 Å². The normalized spacial score (nSPS) is 17.9. The van der Waals surface area contributed by atoms with Crippen LogP contribution in [0.1, 0.15) is 29.4 Å². The maximum atomic E-state index is 12.3. The van der Waals surface area contributed by atoms with E-state index >= 15 is 0 Å². The Kier molecular flexibility index (Phi) is 5.94. The van der Waals surface area contributed by atoms with Gasteiger partial charge in [0.25, 0.3) is 5.91 Å². The summed E-state index contributed by atoms with van der Waals surface area (Å²) in [5.74, 6) is -0.614. The van der Waals surface area contributed by atoms with Gasteiger partial charge in [-0.25, -0.2) is 0 Å². The molecule has 7 heteroatoms. The van der Waals surface area contributed by atoms with E-state index in [1.807, 2.05) is 18.4 Å². The summed E-state index contributed by atoms with van der Waals surface area (Å²) in [6.45, 7) is 3.45. The summed E-state index contributed by atoms with van der Waals surface area (Å²) in [5, 5.41) is 7.15. The molecule has 0 spiro atoms. The Labute approximate surface area is 133 Å². The summed E-state index contributed by atoms with van der Waals surface area (Å²) in [5.41, 5.74) is 0. The lowest BCUT2D eigenvalue weighted by molar-refractivity contribution is -0.129. The molecule has 2 rings (SSSR count). The second kappa shape index (κ2) is 7.93. The molecule has 6 nitrogen and oxygen atoms in total. The van der Waals surface area contributed by atoms with Crippen LogP contribution in [0.4, 0.5) is 0 Å². The molecular weight excluding hydrogens is 302 g/mol. The standard InChI is InChI=1S/C15H21N3O3S/c1-2-16-13(19)9-17-14(20)11-5-3-7-18(10-11)15(21)12-6-4-8-22-12/h4,6,8,11H,2-3,5,7,9-10H2,1H3,(H,16,19)(H,17,20)/t11-/m0/s1. The number of piperidine rings is 1. The molecule has 120 valence electrons. The number of amides is 3. The van der Waals surface area contributed by atoms with Crippen molar-refractivity contribution in [3.05, 3.63) is 22.4 Å². The van der Waals surface area contributed by atoms with Crippen molar-refractivity contribution in [2.45, 2.75) is 19.8 Å². The fourth-order valence-electron chi connectivity index (χ4n) is 2.50. The first-order valence-electron chi connectivity index (χ1n) is 7.49. The Morgan fingerprint density at radius 1 is 1.36 bits per heavy atom. The van der Waals surface area contributed by atoms with Gasteiger partial charge in [-0.05, 0) is 31.2 Å². The third-order valence-electron chi connectivity index (χ3n) is 3.61. The van der Waals surface area contributed by atoms with Crippen molar-refractivity contribution in [1.29, 1.82) is 0 Å². The molecule has 3 amide bonds. The number of carbonyl (C=O) groups excluding carboxylic acids is 3. The predicted octanol–water partition coefficient (Wildman–Crippen LogP) is 0.853. The SMILES string of the molecule is CCNC(=O)CNC(=O)[C@H]1CCCN(C(=O)c2cccs2)C1. The second-order valence-electron chi connectivity index (χ2n) is 5.24. The third-order valence-corrected chi connectivity index (χ3v) is 4.47. The van der Waals surface area contributed by atoms with Gasteiger partial charge < -0.3 is 15.5 Å². The van der Waals surface area contributed by atoms with Crippen molar-refractivity contribution in [2.75, 3.05) is 26.2 Å². The van der Waals surface area contributed by atoms with Gasteiger partial charge in [-0.15, -0.1) is 11.3 Å². The van der Waals surface area contributed by atoms with Gasteiger partial charge in [0.2, 0.25) is 11.8 Å². The number of nitrogens with zero attached hydrogens (tertiary/aromatic N) is 1. The van der Waals surface area contributed by atoms with Crippen LogP contribution >= 0.6 is 11.3 Å². The first-order valence-corrected chi connectivity index (χ1v) is 8.37. The van der Waals surface area contributed by atoms with Crippen LogP contribution < -0.4 is 10.6 Å². The van der Waals surface area contributed by atoms with Gasteiger partial charge in [0.1, 0.15) is 0 Å². The molecule has 2 N–H and O–H groups in total. The van der Waals surface area contributed by atoms with Gasteiger partial charge in [-0.3, -0.25) is 14.4 Å². The van der Waals surface area contributed by atoms with E-state index < -0.39 is 0 Å². The largest absolute Gasteiger partial charge is 0.355 e. The summed E-state index contributed by atoms with van der Waals surface area (Å²) in [6.07, 6.45) is 1.55. The second-order valence-corrected chi connectivity index (χ2v) is 6.19. The number of hydrogen-bond donors (Lipinski definition) is 2. The van der Waals surface area contributed by atoms with Gasteiger partial charge in [0, 0.05) is 19.6 Å². The smallest absolute Gasteiger partial charge is 0.263 e. The quantitative estimate of drug-likeness (QED) is 0.843. The molecule has 0 aliphatic carbocycles. The zero-order valence-electron chi connectivity index (χ0n) is 12.6. The van der Waals surface area contributed by atoms with Crippen LogP contribution in [0.25, 0.3) is 0 Å². The number of rotatable bonds is 5. The summed E-state index contributed by atoms with van der Waals surface area (Å²) in [4.78, 5) is 38.3. The van der Waals surface area contributed by atoms with Crippen molar-refractivity contribution in [3.8, 4) is 0 Å². The van der Waals surface area contributed by atoms with Crippen molar-refractivity contribution in [2.24, 2.45) is 5.92 Å². The average Bonchev–Trinajstić information content (AvgIpc) is 3.06. The molecule has 22 heavy (non-hydrogen) atoms. The van der Waals surface area contributed by atoms with E-state index in [2.05, 4.69) is 10.6 Å². The number of likely N-dealkylation sites (N-methyl/N-ethyl adjacent to an activating group) is 1. The van der Waals surface area contributed by atoms with E-state index in [4.69, 9.17) is 0 Å². The van der Waals surface area contributed by atoms with Gasteiger partial charge in [0.15, 0.2) is 0 Å². The molecule has 0 bridgehead atoms. The van der Waals surface area contributed by atoms with Crippen LogP contribution in [0.3, 0.4) is 0 Å². The molecule has 0 unspecified atom stereocenters. The lowest BCUT2D eigenvalue weighted by atomic mass is 9.97. The Morgan fingerprint density at radius 2 is 2.18 bits per heavy atom. The molecule has 2 heterocycles. The Bertz CT molecular complexity index is 530. The fourth-order valence-corrected chi connectivity index (χ4v) is 3.19. The maximum Gasteiger partial charge on any atom is 0.263 e. The van der Waals surface area contributed by atoms with Crippen LogP contribution in [0.2, 0.25) is 0 Å². The van der Waals surface area contributed by atoms with E-state index in [0.29, 0.717) is 24.5 Å². The first-order chi connectivity index (χ1) is 10.6. The Morgan fingerprint density at radius 3 is 2.86 bits per heavy atom. The summed E-state index contributed by atoms with van der Waals surface area (Å²) >= 11 is 1.41. The predicted molar refractivity (Wildman–Crippen MR) is 84.6 cm³/mol. The summed E-state index contributed by atoms with van der Waals surface area (Å²) < 4.78 is 0. The van der Waals surface area contributed by atoms with Crippen molar-refractivity contribution in [3.63, 3.8) is 0 Å². The highest BCUT2D eigenvalue weighted by atomic mass is 32.1. The van der Waals surface area contributed by atoms with Crippen LogP contribution in [0.15, 0.2) is 17.5 Å². The van der Waals surface area contributed by atoms with E-state index in [0.717, 1.165) is 12.8 Å². The number of carbonyl (C=O) groups is 3. The maximum absolute atomic E-state index is 12.3. The van der Waals surface area contributed by atoms with Crippen LogP contribution in [-0.2, 0) is 9.59 Å². The van der Waals surface area contributed by atoms with E-state index in [1.54, 1.807) is 11.0 Å². The molecule has 0 radical (unpaired) electrons. The highest BCUT2D eigenvalue weighted by molar-refractivity contribution is 7.12. The Balaban J connectivity index is 1.86. The lowest BCUT2D eigenvalue weighted by Crippen LogP contribution is -2.47. The molecule has 0 saturated carbocycles. The average molecular weight is 323 g/mol. The van der Waals surface area contributed by atoms with E-state index in [9.17, 15) is 14.4 Å². The molecule has 1 aliphatic heterocycles. The molecule has 1 saturated heterocycles. The molecule has 1 fully saturated rings. The minimum Gasteiger partial charge on any atom is -0.355 e. The van der Waals surface area contributed by atoms with Crippen molar-refractivity contribution in [1.82, 2.24) is 15.5 Å². The lowest BCUT2D eigenvalue weighted by Gasteiger charge is -2.31. The van der Waals surface area contributed by atoms with E-state index in [1.165, 1.54) is 11.3 Å². The number of nitrogens with one attached hydrogen (secondary N) is 2. The monoisotopic (exact) mass is 323 g/mol. The fraction of sp³-hybridized carbons (Fsp3) is 0.533. The Hall–Kier alpha value is -1.89. The molecule has 1 aromatic rings. The molecular formula is C15H21N3O3S. The van der Waals surface area contributed by atoms with Crippen LogP contribution in [0.5, 0.6) is 0 Å². The van der Waals surface area contributed by atoms with Crippen molar-refractivity contribution >= 4 is 29.1 Å². The minimum atomic E-state index is -0.243. The zero-order chi connectivity index (χ0) is 15.9. The zero-order valence-corrected chi connectivity index (χ0v) is 13.4. The molecule has 1 aliphatic rings. The first kappa shape index (κ1) is 16.5. The minimum absolute atomic E-state index is 0.0119.